The molecule has 5 nitrogen and oxygen atoms in total. The molecule has 1 fully saturated rings. The van der Waals surface area contributed by atoms with E-state index in [1.54, 1.807) is 20.8 Å². The van der Waals surface area contributed by atoms with E-state index < -0.39 is 23.6 Å². The number of carboxylic acid groups (broad SMARTS) is 1. The Morgan fingerprint density at radius 1 is 1.18 bits per heavy atom. The monoisotopic (exact) mass is 305 g/mol. The van der Waals surface area contributed by atoms with Crippen LogP contribution in [0.15, 0.2) is 30.3 Å². The van der Waals surface area contributed by atoms with Gasteiger partial charge in [-0.25, -0.2) is 4.79 Å². The summed E-state index contributed by atoms with van der Waals surface area (Å²) in [5.74, 6) is -1.41. The SMILES string of the molecule is CC(C)(C)OC(=O)N1C[C@@H](C(=O)O)C[C@@H](c2ccccc2)C1. The summed E-state index contributed by atoms with van der Waals surface area (Å²) in [6.45, 7) is 6.10. The molecule has 1 heterocycles. The van der Waals surface area contributed by atoms with Gasteiger partial charge in [0.05, 0.1) is 5.92 Å². The molecule has 1 aliphatic rings. The van der Waals surface area contributed by atoms with E-state index in [-0.39, 0.29) is 12.5 Å². The Hall–Kier alpha value is -2.04. The second-order valence-corrected chi connectivity index (χ2v) is 6.76. The van der Waals surface area contributed by atoms with Crippen molar-refractivity contribution in [2.24, 2.45) is 5.92 Å². The Balaban J connectivity index is 2.17. The Labute approximate surface area is 130 Å². The lowest BCUT2D eigenvalue weighted by atomic mass is 9.85. The molecule has 1 N–H and O–H groups in total. The van der Waals surface area contributed by atoms with Gasteiger partial charge in [0.2, 0.25) is 0 Å². The maximum atomic E-state index is 12.3. The molecule has 5 heteroatoms. The summed E-state index contributed by atoms with van der Waals surface area (Å²) < 4.78 is 5.38. The Morgan fingerprint density at radius 3 is 2.36 bits per heavy atom. The number of carbonyl (C=O) groups is 2. The quantitative estimate of drug-likeness (QED) is 0.911. The van der Waals surface area contributed by atoms with Crippen molar-refractivity contribution in [1.29, 1.82) is 0 Å². The second kappa shape index (κ2) is 6.38. The van der Waals surface area contributed by atoms with E-state index in [1.807, 2.05) is 30.3 Å². The van der Waals surface area contributed by atoms with Gasteiger partial charge in [0, 0.05) is 19.0 Å². The summed E-state index contributed by atoms with van der Waals surface area (Å²) in [6, 6.07) is 9.73. The summed E-state index contributed by atoms with van der Waals surface area (Å²) in [7, 11) is 0. The van der Waals surface area contributed by atoms with Gasteiger partial charge in [-0.05, 0) is 32.8 Å². The van der Waals surface area contributed by atoms with Gasteiger partial charge < -0.3 is 14.7 Å². The first-order valence-corrected chi connectivity index (χ1v) is 7.52. The third-order valence-corrected chi connectivity index (χ3v) is 3.72. The summed E-state index contributed by atoms with van der Waals surface area (Å²) >= 11 is 0. The lowest BCUT2D eigenvalue weighted by Crippen LogP contribution is -2.47. The van der Waals surface area contributed by atoms with Gasteiger partial charge in [-0.1, -0.05) is 30.3 Å². The minimum Gasteiger partial charge on any atom is -0.481 e. The number of aliphatic carboxylic acids is 1. The van der Waals surface area contributed by atoms with Crippen LogP contribution in [0.25, 0.3) is 0 Å². The molecule has 0 bridgehead atoms. The number of rotatable bonds is 2. The zero-order chi connectivity index (χ0) is 16.3. The van der Waals surface area contributed by atoms with Gasteiger partial charge in [-0.15, -0.1) is 0 Å². The number of likely N-dealkylation sites (tertiary alicyclic amines) is 1. The molecule has 0 aromatic heterocycles. The highest BCUT2D eigenvalue weighted by atomic mass is 16.6. The molecule has 0 unspecified atom stereocenters. The van der Waals surface area contributed by atoms with Crippen molar-refractivity contribution in [3.63, 3.8) is 0 Å². The molecule has 1 aliphatic heterocycles. The number of amides is 1. The van der Waals surface area contributed by atoms with Crippen molar-refractivity contribution in [3.05, 3.63) is 35.9 Å². The van der Waals surface area contributed by atoms with E-state index in [1.165, 1.54) is 4.90 Å². The first kappa shape index (κ1) is 16.3. The largest absolute Gasteiger partial charge is 0.481 e. The van der Waals surface area contributed by atoms with Crippen molar-refractivity contribution < 1.29 is 19.4 Å². The van der Waals surface area contributed by atoms with Crippen LogP contribution in [-0.2, 0) is 9.53 Å². The molecule has 120 valence electrons. The molecule has 1 aromatic rings. The fourth-order valence-electron chi connectivity index (χ4n) is 2.72. The van der Waals surface area contributed by atoms with Gasteiger partial charge in [0.1, 0.15) is 5.60 Å². The normalized spacial score (nSPS) is 22.2. The molecule has 0 saturated carbocycles. The van der Waals surface area contributed by atoms with Gasteiger partial charge >= 0.3 is 12.1 Å². The van der Waals surface area contributed by atoms with Crippen LogP contribution in [-0.4, -0.2) is 40.8 Å². The van der Waals surface area contributed by atoms with Crippen molar-refractivity contribution >= 4 is 12.1 Å². The van der Waals surface area contributed by atoms with E-state index in [4.69, 9.17) is 4.74 Å². The van der Waals surface area contributed by atoms with Crippen molar-refractivity contribution in [3.8, 4) is 0 Å². The maximum absolute atomic E-state index is 12.3. The standard InChI is InChI=1S/C17H23NO4/c1-17(2,3)22-16(21)18-10-13(9-14(11-18)15(19)20)12-7-5-4-6-8-12/h4-8,13-14H,9-11H2,1-3H3,(H,19,20)/t13-,14+/m1/s1. The van der Waals surface area contributed by atoms with Gasteiger partial charge in [-0.2, -0.15) is 0 Å². The molecule has 0 radical (unpaired) electrons. The minimum absolute atomic E-state index is 0.0172. The van der Waals surface area contributed by atoms with Crippen molar-refractivity contribution in [2.75, 3.05) is 13.1 Å². The second-order valence-electron chi connectivity index (χ2n) is 6.76. The van der Waals surface area contributed by atoms with E-state index >= 15 is 0 Å². The first-order chi connectivity index (χ1) is 10.3. The Bertz CT molecular complexity index is 535. The molecule has 2 atom stereocenters. The summed E-state index contributed by atoms with van der Waals surface area (Å²) in [6.07, 6.45) is 0.0953. The number of benzene rings is 1. The summed E-state index contributed by atoms with van der Waals surface area (Å²) in [4.78, 5) is 25.2. The predicted octanol–water partition coefficient (Wildman–Crippen LogP) is 3.11. The van der Waals surface area contributed by atoms with Crippen LogP contribution in [0.2, 0.25) is 0 Å². The average molecular weight is 305 g/mol. The van der Waals surface area contributed by atoms with Crippen LogP contribution >= 0.6 is 0 Å². The number of ether oxygens (including phenoxy) is 1. The van der Waals surface area contributed by atoms with Crippen LogP contribution in [0.5, 0.6) is 0 Å². The highest BCUT2D eigenvalue weighted by Crippen LogP contribution is 2.31. The van der Waals surface area contributed by atoms with Crippen LogP contribution in [0, 0.1) is 5.92 Å². The number of carbonyl (C=O) groups excluding carboxylic acids is 1. The fourth-order valence-corrected chi connectivity index (χ4v) is 2.72. The van der Waals surface area contributed by atoms with E-state index in [2.05, 4.69) is 0 Å². The van der Waals surface area contributed by atoms with E-state index in [9.17, 15) is 14.7 Å². The van der Waals surface area contributed by atoms with Crippen LogP contribution in [0.3, 0.4) is 0 Å². The van der Waals surface area contributed by atoms with Crippen molar-refractivity contribution in [1.82, 2.24) is 4.90 Å². The number of carboxylic acids is 1. The molecule has 1 amide bonds. The van der Waals surface area contributed by atoms with Gasteiger partial charge in [0.25, 0.3) is 0 Å². The molecule has 1 aromatic carbocycles. The molecule has 22 heavy (non-hydrogen) atoms. The number of hydrogen-bond acceptors (Lipinski definition) is 3. The zero-order valence-corrected chi connectivity index (χ0v) is 13.3. The number of nitrogens with zero attached hydrogens (tertiary/aromatic N) is 1. The van der Waals surface area contributed by atoms with Crippen LogP contribution in [0.4, 0.5) is 4.79 Å². The molecular formula is C17H23NO4. The molecule has 0 spiro atoms. The van der Waals surface area contributed by atoms with Gasteiger partial charge in [0.15, 0.2) is 0 Å². The Morgan fingerprint density at radius 2 is 1.82 bits per heavy atom. The topological polar surface area (TPSA) is 66.8 Å². The third kappa shape index (κ3) is 4.23. The lowest BCUT2D eigenvalue weighted by molar-refractivity contribution is -0.143. The first-order valence-electron chi connectivity index (χ1n) is 7.52. The molecule has 1 saturated heterocycles. The third-order valence-electron chi connectivity index (χ3n) is 3.72. The predicted molar refractivity (Wildman–Crippen MR) is 82.7 cm³/mol. The highest BCUT2D eigenvalue weighted by Gasteiger charge is 2.36. The maximum Gasteiger partial charge on any atom is 0.410 e. The highest BCUT2D eigenvalue weighted by molar-refractivity contribution is 5.73. The molecule has 0 aliphatic carbocycles. The minimum atomic E-state index is -0.866. The van der Waals surface area contributed by atoms with E-state index in [0.29, 0.717) is 13.0 Å². The Kier molecular flexibility index (Phi) is 4.74. The zero-order valence-electron chi connectivity index (χ0n) is 13.3. The fraction of sp³-hybridized carbons (Fsp3) is 0.529. The number of hydrogen-bond donors (Lipinski definition) is 1. The van der Waals surface area contributed by atoms with Gasteiger partial charge in [-0.3, -0.25) is 4.79 Å². The van der Waals surface area contributed by atoms with E-state index in [0.717, 1.165) is 5.56 Å². The molecule has 2 rings (SSSR count). The average Bonchev–Trinajstić information content (AvgIpc) is 2.46. The van der Waals surface area contributed by atoms with Crippen LogP contribution in [0.1, 0.15) is 38.7 Å². The lowest BCUT2D eigenvalue weighted by Gasteiger charge is -2.37. The number of piperidine rings is 1. The van der Waals surface area contributed by atoms with Crippen molar-refractivity contribution in [2.45, 2.75) is 38.7 Å². The summed E-state index contributed by atoms with van der Waals surface area (Å²) in [5, 5.41) is 9.36. The smallest absolute Gasteiger partial charge is 0.410 e. The molecular weight excluding hydrogens is 282 g/mol. The summed E-state index contributed by atoms with van der Waals surface area (Å²) in [5.41, 5.74) is 0.470. The van der Waals surface area contributed by atoms with Crippen LogP contribution < -0.4 is 0 Å².